The van der Waals surface area contributed by atoms with Gasteiger partial charge in [-0.1, -0.05) is 30.3 Å². The van der Waals surface area contributed by atoms with E-state index in [9.17, 15) is 9.59 Å². The summed E-state index contributed by atoms with van der Waals surface area (Å²) in [6.45, 7) is 2.26. The molecule has 0 saturated carbocycles. The second kappa shape index (κ2) is 6.33. The molecule has 1 atom stereocenters. The topological polar surface area (TPSA) is 75.4 Å². The maximum atomic E-state index is 12.3. The number of nitrogens with zero attached hydrogens (tertiary/aromatic N) is 1. The van der Waals surface area contributed by atoms with Crippen LogP contribution in [-0.2, 0) is 4.79 Å². The van der Waals surface area contributed by atoms with Gasteiger partial charge in [0, 0.05) is 0 Å². The van der Waals surface area contributed by atoms with Crippen molar-refractivity contribution in [1.82, 2.24) is 10.2 Å². The van der Waals surface area contributed by atoms with Crippen molar-refractivity contribution in [2.45, 2.75) is 18.9 Å². The number of primary amides is 1. The fourth-order valence-corrected chi connectivity index (χ4v) is 2.39. The second-order valence-electron chi connectivity index (χ2n) is 4.80. The lowest BCUT2D eigenvalue weighted by molar-refractivity contribution is -0.121. The normalized spacial score (nSPS) is 17.1. The summed E-state index contributed by atoms with van der Waals surface area (Å²) in [6, 6.07) is 7.87. The largest absolute Gasteiger partial charge is 0.352 e. The maximum absolute atomic E-state index is 12.3. The van der Waals surface area contributed by atoms with E-state index in [0.717, 1.165) is 31.5 Å². The van der Waals surface area contributed by atoms with E-state index in [-0.39, 0.29) is 5.78 Å². The Labute approximate surface area is 112 Å². The lowest BCUT2D eigenvalue weighted by Gasteiger charge is -2.20. The van der Waals surface area contributed by atoms with Gasteiger partial charge in [-0.05, 0) is 31.5 Å². The zero-order chi connectivity index (χ0) is 13.7. The number of amides is 2. The Balaban J connectivity index is 2.08. The van der Waals surface area contributed by atoms with Crippen LogP contribution in [0.1, 0.15) is 24.4 Å². The molecule has 1 heterocycles. The number of carbonyl (C=O) groups is 2. The van der Waals surface area contributed by atoms with E-state index >= 15 is 0 Å². The fraction of sp³-hybridized carbons (Fsp3) is 0.429. The molecule has 5 nitrogen and oxygen atoms in total. The van der Waals surface area contributed by atoms with Crippen molar-refractivity contribution in [2.75, 3.05) is 19.6 Å². The smallest absolute Gasteiger partial charge is 0.313 e. The first-order valence-corrected chi connectivity index (χ1v) is 6.53. The molecule has 19 heavy (non-hydrogen) atoms. The van der Waals surface area contributed by atoms with Gasteiger partial charge in [-0.2, -0.15) is 0 Å². The second-order valence-corrected chi connectivity index (χ2v) is 4.80. The zero-order valence-corrected chi connectivity index (χ0v) is 10.8. The van der Waals surface area contributed by atoms with Gasteiger partial charge in [0.25, 0.3) is 0 Å². The lowest BCUT2D eigenvalue weighted by Crippen LogP contribution is -2.41. The van der Waals surface area contributed by atoms with Crippen LogP contribution in [0.25, 0.3) is 0 Å². The molecular weight excluding hydrogens is 242 g/mol. The van der Waals surface area contributed by atoms with E-state index in [1.165, 1.54) is 0 Å². The van der Waals surface area contributed by atoms with Crippen LogP contribution in [0, 0.1) is 0 Å². The first-order chi connectivity index (χ1) is 9.16. The molecule has 5 heteroatoms. The van der Waals surface area contributed by atoms with E-state index < -0.39 is 12.1 Å². The number of Topliss-reactive ketones (excluding diaryl/α,β-unsaturated/α-hetero) is 1. The highest BCUT2D eigenvalue weighted by Gasteiger charge is 2.24. The Kier molecular flexibility index (Phi) is 4.52. The first kappa shape index (κ1) is 13.5. The molecule has 1 aliphatic rings. The molecule has 1 aromatic carbocycles. The van der Waals surface area contributed by atoms with Gasteiger partial charge >= 0.3 is 6.03 Å². The van der Waals surface area contributed by atoms with Crippen LogP contribution in [-0.4, -0.2) is 36.3 Å². The van der Waals surface area contributed by atoms with Crippen molar-refractivity contribution in [2.24, 2.45) is 5.73 Å². The summed E-state index contributed by atoms with van der Waals surface area (Å²) < 4.78 is 0. The quantitative estimate of drug-likeness (QED) is 0.832. The van der Waals surface area contributed by atoms with Crippen molar-refractivity contribution in [3.63, 3.8) is 0 Å². The van der Waals surface area contributed by atoms with E-state index in [0.29, 0.717) is 6.54 Å². The van der Waals surface area contributed by atoms with E-state index in [2.05, 4.69) is 10.2 Å². The molecule has 1 aliphatic heterocycles. The van der Waals surface area contributed by atoms with Gasteiger partial charge in [0.1, 0.15) is 6.04 Å². The highest BCUT2D eigenvalue weighted by Crippen LogP contribution is 2.16. The highest BCUT2D eigenvalue weighted by atomic mass is 16.2. The van der Waals surface area contributed by atoms with Crippen LogP contribution in [0.5, 0.6) is 0 Å². The third kappa shape index (κ3) is 3.79. The van der Waals surface area contributed by atoms with Gasteiger partial charge in [0.05, 0.1) is 6.54 Å². The monoisotopic (exact) mass is 261 g/mol. The van der Waals surface area contributed by atoms with Crippen molar-refractivity contribution in [1.29, 1.82) is 0 Å². The molecule has 0 bridgehead atoms. The number of rotatable bonds is 5. The van der Waals surface area contributed by atoms with Crippen LogP contribution in [0.2, 0.25) is 0 Å². The number of urea groups is 1. The minimum atomic E-state index is -0.677. The number of carbonyl (C=O) groups excluding carboxylic acids is 2. The Bertz CT molecular complexity index is 441. The zero-order valence-electron chi connectivity index (χ0n) is 10.8. The summed E-state index contributed by atoms with van der Waals surface area (Å²) in [5, 5.41) is 2.53. The van der Waals surface area contributed by atoms with Crippen LogP contribution >= 0.6 is 0 Å². The summed E-state index contributed by atoms with van der Waals surface area (Å²) in [5.74, 6) is -0.0214. The standard InChI is InChI=1S/C14H19N3O2/c15-14(19)16-13(11-6-2-1-3-7-11)12(18)10-17-8-4-5-9-17/h1-3,6-7,13H,4-5,8-10H2,(H3,15,16,19). The lowest BCUT2D eigenvalue weighted by atomic mass is 10.0. The van der Waals surface area contributed by atoms with Gasteiger partial charge in [-0.25, -0.2) is 4.79 Å². The molecule has 0 aliphatic carbocycles. The number of likely N-dealkylation sites (tertiary alicyclic amines) is 1. The molecule has 0 spiro atoms. The third-order valence-electron chi connectivity index (χ3n) is 3.32. The Morgan fingerprint density at radius 1 is 1.21 bits per heavy atom. The predicted octanol–water partition coefficient (Wildman–Crippen LogP) is 1.06. The molecule has 1 saturated heterocycles. The fourth-order valence-electron chi connectivity index (χ4n) is 2.39. The van der Waals surface area contributed by atoms with Crippen LogP contribution in [0.4, 0.5) is 4.79 Å². The van der Waals surface area contributed by atoms with Crippen LogP contribution in [0.15, 0.2) is 30.3 Å². The van der Waals surface area contributed by atoms with Crippen molar-refractivity contribution < 1.29 is 9.59 Å². The average Bonchev–Trinajstić information content (AvgIpc) is 2.89. The number of nitrogens with two attached hydrogens (primary N) is 1. The van der Waals surface area contributed by atoms with Gasteiger partial charge in [0.15, 0.2) is 5.78 Å². The maximum Gasteiger partial charge on any atom is 0.313 e. The SMILES string of the molecule is NC(=O)NC(C(=O)CN1CCCC1)c1ccccc1. The third-order valence-corrected chi connectivity index (χ3v) is 3.32. The number of hydrogen-bond donors (Lipinski definition) is 2. The number of nitrogens with one attached hydrogen (secondary N) is 1. The molecule has 2 amide bonds. The van der Waals surface area contributed by atoms with Crippen LogP contribution in [0.3, 0.4) is 0 Å². The number of hydrogen-bond acceptors (Lipinski definition) is 3. The summed E-state index contributed by atoms with van der Waals surface area (Å²) >= 11 is 0. The Morgan fingerprint density at radius 2 is 1.84 bits per heavy atom. The van der Waals surface area contributed by atoms with Crippen molar-refractivity contribution in [3.05, 3.63) is 35.9 Å². The summed E-state index contributed by atoms with van der Waals surface area (Å²) in [4.78, 5) is 25.5. The van der Waals surface area contributed by atoms with Crippen LogP contribution < -0.4 is 11.1 Å². The van der Waals surface area contributed by atoms with Crippen molar-refractivity contribution >= 4 is 11.8 Å². The molecule has 0 aromatic heterocycles. The van der Waals surface area contributed by atoms with E-state index in [4.69, 9.17) is 5.73 Å². The molecule has 1 unspecified atom stereocenters. The molecule has 102 valence electrons. The summed E-state index contributed by atoms with van der Waals surface area (Å²) in [7, 11) is 0. The number of ketones is 1. The molecule has 0 radical (unpaired) electrons. The van der Waals surface area contributed by atoms with Gasteiger partial charge in [-0.15, -0.1) is 0 Å². The van der Waals surface area contributed by atoms with Crippen molar-refractivity contribution in [3.8, 4) is 0 Å². The molecule has 3 N–H and O–H groups in total. The van der Waals surface area contributed by atoms with Gasteiger partial charge < -0.3 is 11.1 Å². The molecular formula is C14H19N3O2. The van der Waals surface area contributed by atoms with E-state index in [1.807, 2.05) is 30.3 Å². The Hall–Kier alpha value is -1.88. The molecule has 1 fully saturated rings. The molecule has 1 aromatic rings. The van der Waals surface area contributed by atoms with Gasteiger partial charge in [-0.3, -0.25) is 9.69 Å². The molecule has 2 rings (SSSR count). The minimum absolute atomic E-state index is 0.0214. The summed E-state index contributed by atoms with van der Waals surface area (Å²) in [6.07, 6.45) is 2.26. The minimum Gasteiger partial charge on any atom is -0.352 e. The average molecular weight is 261 g/mol. The van der Waals surface area contributed by atoms with E-state index in [1.54, 1.807) is 0 Å². The Morgan fingerprint density at radius 3 is 2.42 bits per heavy atom. The number of benzene rings is 1. The predicted molar refractivity (Wildman–Crippen MR) is 72.6 cm³/mol. The summed E-state index contributed by atoms with van der Waals surface area (Å²) in [5.41, 5.74) is 5.93. The van der Waals surface area contributed by atoms with Gasteiger partial charge in [0.2, 0.25) is 0 Å². The first-order valence-electron chi connectivity index (χ1n) is 6.53. The highest BCUT2D eigenvalue weighted by molar-refractivity contribution is 5.90.